The molecule has 0 atom stereocenters. The molecule has 3 aromatic rings. The molecule has 0 aliphatic heterocycles. The van der Waals surface area contributed by atoms with E-state index in [4.69, 9.17) is 4.65 Å². The highest BCUT2D eigenvalue weighted by molar-refractivity contribution is 6.51. The van der Waals surface area contributed by atoms with Gasteiger partial charge in [0.2, 0.25) is 0 Å². The van der Waals surface area contributed by atoms with Crippen molar-refractivity contribution >= 4 is 23.7 Å². The standard InChI is InChI=1S/C22H25BO2/c1-21(2,24)22(3,4)25-23-20-15-14-17(16-10-6-5-7-11-16)18-12-8-9-13-19(18)20/h5-15,23-24H,1-4H3. The van der Waals surface area contributed by atoms with Crippen molar-refractivity contribution in [2.24, 2.45) is 0 Å². The average molecular weight is 332 g/mol. The Bertz CT molecular complexity index is 864. The molecular formula is C22H25BO2. The van der Waals surface area contributed by atoms with Crippen LogP contribution in [0.1, 0.15) is 27.7 Å². The molecule has 3 heteroatoms. The number of rotatable bonds is 5. The lowest BCUT2D eigenvalue weighted by atomic mass is 9.79. The quantitative estimate of drug-likeness (QED) is 0.714. The van der Waals surface area contributed by atoms with Crippen molar-refractivity contribution in [3.63, 3.8) is 0 Å². The third kappa shape index (κ3) is 3.63. The highest BCUT2D eigenvalue weighted by atomic mass is 16.5. The summed E-state index contributed by atoms with van der Waals surface area (Å²) in [5.74, 6) is 0. The molecule has 0 bridgehead atoms. The summed E-state index contributed by atoms with van der Waals surface area (Å²) in [5.41, 5.74) is 2.02. The normalized spacial score (nSPS) is 12.4. The molecule has 0 radical (unpaired) electrons. The molecule has 0 saturated carbocycles. The van der Waals surface area contributed by atoms with Crippen molar-refractivity contribution in [3.05, 3.63) is 66.7 Å². The van der Waals surface area contributed by atoms with Crippen LogP contribution in [0, 0.1) is 0 Å². The largest absolute Gasteiger partial charge is 0.427 e. The second-order valence-corrected chi connectivity index (χ2v) is 7.54. The third-order valence-corrected chi connectivity index (χ3v) is 5.16. The molecule has 0 saturated heterocycles. The first kappa shape index (κ1) is 17.7. The summed E-state index contributed by atoms with van der Waals surface area (Å²) in [4.78, 5) is 0. The van der Waals surface area contributed by atoms with E-state index in [0.29, 0.717) is 7.48 Å². The molecule has 1 N–H and O–H groups in total. The van der Waals surface area contributed by atoms with E-state index in [2.05, 4.69) is 60.7 Å². The van der Waals surface area contributed by atoms with Crippen molar-refractivity contribution in [1.29, 1.82) is 0 Å². The summed E-state index contributed by atoms with van der Waals surface area (Å²) in [6.07, 6.45) is 0. The number of aliphatic hydroxyl groups is 1. The van der Waals surface area contributed by atoms with Crippen LogP contribution in [0.3, 0.4) is 0 Å². The molecule has 0 heterocycles. The van der Waals surface area contributed by atoms with Gasteiger partial charge in [0.1, 0.15) is 0 Å². The smallest absolute Gasteiger partial charge is 0.310 e. The van der Waals surface area contributed by atoms with E-state index in [1.807, 2.05) is 19.9 Å². The molecule has 0 amide bonds. The van der Waals surface area contributed by atoms with Crippen LogP contribution >= 0.6 is 0 Å². The molecule has 0 aliphatic rings. The van der Waals surface area contributed by atoms with Gasteiger partial charge in [0.05, 0.1) is 11.2 Å². The minimum absolute atomic E-state index is 0.465. The predicted molar refractivity (Wildman–Crippen MR) is 108 cm³/mol. The lowest BCUT2D eigenvalue weighted by molar-refractivity contribution is -0.0893. The van der Waals surface area contributed by atoms with Crippen molar-refractivity contribution in [1.82, 2.24) is 0 Å². The fraction of sp³-hybridized carbons (Fsp3) is 0.273. The van der Waals surface area contributed by atoms with Crippen molar-refractivity contribution in [2.45, 2.75) is 38.9 Å². The summed E-state index contributed by atoms with van der Waals surface area (Å²) >= 11 is 0. The molecule has 2 nitrogen and oxygen atoms in total. The van der Waals surface area contributed by atoms with Gasteiger partial charge in [-0.05, 0) is 55.1 Å². The average Bonchev–Trinajstić information content (AvgIpc) is 2.59. The lowest BCUT2D eigenvalue weighted by Gasteiger charge is -2.37. The first-order chi connectivity index (χ1) is 11.8. The Morgan fingerprint density at radius 2 is 1.36 bits per heavy atom. The van der Waals surface area contributed by atoms with E-state index in [1.54, 1.807) is 13.8 Å². The number of hydrogen-bond donors (Lipinski definition) is 1. The van der Waals surface area contributed by atoms with Crippen LogP contribution in [-0.4, -0.2) is 23.8 Å². The van der Waals surface area contributed by atoms with Crippen molar-refractivity contribution in [3.8, 4) is 11.1 Å². The number of hydrogen-bond acceptors (Lipinski definition) is 2. The molecule has 0 unspecified atom stereocenters. The van der Waals surface area contributed by atoms with E-state index in [0.717, 1.165) is 5.46 Å². The van der Waals surface area contributed by atoms with E-state index in [1.165, 1.54) is 21.9 Å². The van der Waals surface area contributed by atoms with Crippen molar-refractivity contribution < 1.29 is 9.76 Å². The predicted octanol–water partition coefficient (Wildman–Crippen LogP) is 4.05. The molecule has 25 heavy (non-hydrogen) atoms. The fourth-order valence-electron chi connectivity index (χ4n) is 2.79. The molecule has 0 spiro atoms. The van der Waals surface area contributed by atoms with Gasteiger partial charge < -0.3 is 9.76 Å². The Labute approximate surface area is 150 Å². The minimum Gasteiger partial charge on any atom is -0.427 e. The first-order valence-corrected chi connectivity index (χ1v) is 8.72. The summed E-state index contributed by atoms with van der Waals surface area (Å²) in [5, 5.41) is 12.7. The number of fused-ring (bicyclic) bond motifs is 1. The van der Waals surface area contributed by atoms with Gasteiger partial charge >= 0.3 is 7.48 Å². The Kier molecular flexibility index (Phi) is 4.72. The molecular weight excluding hydrogens is 307 g/mol. The zero-order valence-electron chi connectivity index (χ0n) is 15.4. The first-order valence-electron chi connectivity index (χ1n) is 8.72. The van der Waals surface area contributed by atoms with Crippen LogP contribution in [0.5, 0.6) is 0 Å². The van der Waals surface area contributed by atoms with Gasteiger partial charge in [0.25, 0.3) is 0 Å². The minimum atomic E-state index is -0.910. The maximum atomic E-state index is 10.3. The second kappa shape index (κ2) is 6.66. The molecule has 0 fully saturated rings. The van der Waals surface area contributed by atoms with Gasteiger partial charge in [-0.15, -0.1) is 0 Å². The summed E-state index contributed by atoms with van der Waals surface area (Å²) in [6.45, 7) is 7.41. The maximum Gasteiger partial charge on any atom is 0.310 e. The fourth-order valence-corrected chi connectivity index (χ4v) is 2.79. The van der Waals surface area contributed by atoms with Crippen LogP contribution in [0.15, 0.2) is 66.7 Å². The second-order valence-electron chi connectivity index (χ2n) is 7.54. The van der Waals surface area contributed by atoms with Crippen LogP contribution in [0.25, 0.3) is 21.9 Å². The van der Waals surface area contributed by atoms with E-state index < -0.39 is 11.2 Å². The third-order valence-electron chi connectivity index (χ3n) is 5.16. The molecule has 0 aliphatic carbocycles. The zero-order valence-corrected chi connectivity index (χ0v) is 15.4. The molecule has 3 rings (SSSR count). The lowest BCUT2D eigenvalue weighted by Crippen LogP contribution is -2.49. The summed E-state index contributed by atoms with van der Waals surface area (Å²) < 4.78 is 6.08. The van der Waals surface area contributed by atoms with E-state index >= 15 is 0 Å². The Balaban J connectivity index is 1.99. The molecule has 3 aromatic carbocycles. The van der Waals surface area contributed by atoms with E-state index in [-0.39, 0.29) is 0 Å². The highest BCUT2D eigenvalue weighted by Gasteiger charge is 2.35. The topological polar surface area (TPSA) is 29.5 Å². The number of benzene rings is 3. The van der Waals surface area contributed by atoms with Crippen molar-refractivity contribution in [2.75, 3.05) is 0 Å². The molecule has 0 aromatic heterocycles. The summed E-state index contributed by atoms with van der Waals surface area (Å²) in [7, 11) is 0.465. The van der Waals surface area contributed by atoms with Gasteiger partial charge in [0.15, 0.2) is 0 Å². The van der Waals surface area contributed by atoms with Gasteiger partial charge in [-0.25, -0.2) is 0 Å². The Morgan fingerprint density at radius 1 is 0.760 bits per heavy atom. The van der Waals surface area contributed by atoms with Gasteiger partial charge in [-0.2, -0.15) is 0 Å². The summed E-state index contributed by atoms with van der Waals surface area (Å²) in [6, 6.07) is 23.1. The Hall–Kier alpha value is -2.10. The van der Waals surface area contributed by atoms with Gasteiger partial charge in [-0.1, -0.05) is 66.7 Å². The van der Waals surface area contributed by atoms with Gasteiger partial charge in [-0.3, -0.25) is 0 Å². The zero-order chi connectivity index (χ0) is 18.1. The maximum absolute atomic E-state index is 10.3. The highest BCUT2D eigenvalue weighted by Crippen LogP contribution is 2.28. The Morgan fingerprint density at radius 3 is 2.00 bits per heavy atom. The SMILES string of the molecule is CC(C)(O)C(C)(C)OBc1ccc(-c2ccccc2)c2ccccc12. The van der Waals surface area contributed by atoms with Crippen LogP contribution in [-0.2, 0) is 4.65 Å². The van der Waals surface area contributed by atoms with Gasteiger partial charge in [0, 0.05) is 0 Å². The van der Waals surface area contributed by atoms with Crippen LogP contribution in [0.4, 0.5) is 0 Å². The van der Waals surface area contributed by atoms with Crippen LogP contribution in [0.2, 0.25) is 0 Å². The molecule has 128 valence electrons. The van der Waals surface area contributed by atoms with E-state index in [9.17, 15) is 5.11 Å². The monoisotopic (exact) mass is 332 g/mol. The van der Waals surface area contributed by atoms with Crippen LogP contribution < -0.4 is 5.46 Å².